The van der Waals surface area contributed by atoms with Gasteiger partial charge < -0.3 is 24.1 Å². The summed E-state index contributed by atoms with van der Waals surface area (Å²) in [7, 11) is 3.04. The largest absolute Gasteiger partial charge is 0.493 e. The molecular formula is C26H30N4O5S. The molecule has 1 aliphatic rings. The number of benzene rings is 2. The molecule has 2 heterocycles. The molecule has 0 radical (unpaired) electrons. The zero-order valence-corrected chi connectivity index (χ0v) is 21.3. The highest BCUT2D eigenvalue weighted by atomic mass is 32.2. The predicted octanol–water partition coefficient (Wildman–Crippen LogP) is 3.59. The van der Waals surface area contributed by atoms with Crippen molar-refractivity contribution in [2.75, 3.05) is 33.1 Å². The van der Waals surface area contributed by atoms with E-state index in [2.05, 4.69) is 39.8 Å². The number of thioether (sulfide) groups is 1. The molecule has 10 heteroatoms. The van der Waals surface area contributed by atoms with Gasteiger partial charge >= 0.3 is 0 Å². The first-order chi connectivity index (χ1) is 17.6. The summed E-state index contributed by atoms with van der Waals surface area (Å²) in [6.45, 7) is 1.62. The number of rotatable bonds is 10. The van der Waals surface area contributed by atoms with Gasteiger partial charge in [0, 0.05) is 18.7 Å². The van der Waals surface area contributed by atoms with E-state index in [1.54, 1.807) is 18.2 Å². The van der Waals surface area contributed by atoms with E-state index < -0.39 is 0 Å². The van der Waals surface area contributed by atoms with Gasteiger partial charge in [-0.3, -0.25) is 9.59 Å². The van der Waals surface area contributed by atoms with Gasteiger partial charge in [0.05, 0.1) is 26.5 Å². The van der Waals surface area contributed by atoms with Gasteiger partial charge in [-0.05, 0) is 48.9 Å². The number of likely N-dealkylation sites (tertiary alicyclic amines) is 1. The molecule has 1 saturated heterocycles. The fraction of sp³-hybridized carbons (Fsp3) is 0.385. The van der Waals surface area contributed by atoms with E-state index in [0.717, 1.165) is 32.4 Å². The van der Waals surface area contributed by atoms with Crippen molar-refractivity contribution >= 4 is 23.6 Å². The lowest BCUT2D eigenvalue weighted by atomic mass is 9.90. The number of carbonyl (C=O) groups excluding carboxylic acids is 2. The molecule has 1 aliphatic heterocycles. The molecule has 2 amide bonds. The number of nitrogens with one attached hydrogen (secondary N) is 1. The minimum absolute atomic E-state index is 0.0691. The van der Waals surface area contributed by atoms with Crippen LogP contribution in [0.25, 0.3) is 0 Å². The highest BCUT2D eigenvalue weighted by Gasteiger charge is 2.23. The van der Waals surface area contributed by atoms with Crippen molar-refractivity contribution < 1.29 is 23.5 Å². The van der Waals surface area contributed by atoms with E-state index in [4.69, 9.17) is 13.9 Å². The standard InChI is InChI=1S/C26H30N4O5S/c1-33-21-9-8-20(15-22(21)34-2)25(32)27-16-23-28-29-26(35-23)36-17-24(31)30-12-10-19(11-13-30)14-18-6-4-3-5-7-18/h3-9,15,19H,10-14,16-17H2,1-2H3,(H,27,32). The molecule has 9 nitrogen and oxygen atoms in total. The van der Waals surface area contributed by atoms with Crippen molar-refractivity contribution in [2.24, 2.45) is 5.92 Å². The van der Waals surface area contributed by atoms with Gasteiger partial charge in [-0.1, -0.05) is 42.1 Å². The van der Waals surface area contributed by atoms with Crippen LogP contribution < -0.4 is 14.8 Å². The van der Waals surface area contributed by atoms with Gasteiger partial charge in [0.2, 0.25) is 11.8 Å². The number of methoxy groups -OCH3 is 2. The lowest BCUT2D eigenvalue weighted by Crippen LogP contribution is -2.39. The second-order valence-electron chi connectivity index (χ2n) is 8.52. The van der Waals surface area contributed by atoms with Gasteiger partial charge in [0.25, 0.3) is 11.1 Å². The molecule has 1 aromatic heterocycles. The van der Waals surface area contributed by atoms with Crippen LogP contribution in [0.5, 0.6) is 11.5 Å². The number of piperidine rings is 1. The van der Waals surface area contributed by atoms with E-state index >= 15 is 0 Å². The molecule has 190 valence electrons. The topological polar surface area (TPSA) is 107 Å². The van der Waals surface area contributed by atoms with E-state index in [9.17, 15) is 9.59 Å². The molecule has 0 unspecified atom stereocenters. The molecular weight excluding hydrogens is 480 g/mol. The number of nitrogens with zero attached hydrogens (tertiary/aromatic N) is 3. The molecule has 1 N–H and O–H groups in total. The van der Waals surface area contributed by atoms with Gasteiger partial charge in [0.15, 0.2) is 11.5 Å². The first-order valence-corrected chi connectivity index (χ1v) is 12.8. The predicted molar refractivity (Wildman–Crippen MR) is 135 cm³/mol. The number of hydrogen-bond acceptors (Lipinski definition) is 8. The Morgan fingerprint density at radius 3 is 2.53 bits per heavy atom. The summed E-state index contributed by atoms with van der Waals surface area (Å²) in [4.78, 5) is 27.0. The maximum absolute atomic E-state index is 12.7. The minimum atomic E-state index is -0.311. The summed E-state index contributed by atoms with van der Waals surface area (Å²) in [5.41, 5.74) is 1.77. The molecule has 0 spiro atoms. The molecule has 0 atom stereocenters. The third-order valence-electron chi connectivity index (χ3n) is 6.15. The highest BCUT2D eigenvalue weighted by Crippen LogP contribution is 2.27. The Hall–Kier alpha value is -3.53. The van der Waals surface area contributed by atoms with E-state index in [1.165, 1.54) is 31.5 Å². The molecule has 1 fully saturated rings. The normalized spacial score (nSPS) is 13.9. The Labute approximate surface area is 214 Å². The SMILES string of the molecule is COc1ccc(C(=O)NCc2nnc(SCC(=O)N3CCC(Cc4ccccc4)CC3)o2)cc1OC. The van der Waals surface area contributed by atoms with E-state index in [1.807, 2.05) is 11.0 Å². The van der Waals surface area contributed by atoms with Crippen molar-refractivity contribution in [1.82, 2.24) is 20.4 Å². The molecule has 3 aromatic rings. The zero-order chi connectivity index (χ0) is 25.3. The van der Waals surface area contributed by atoms with Crippen molar-refractivity contribution in [2.45, 2.75) is 31.0 Å². The Bertz CT molecular complexity index is 1160. The molecule has 0 aliphatic carbocycles. The fourth-order valence-electron chi connectivity index (χ4n) is 4.15. The zero-order valence-electron chi connectivity index (χ0n) is 20.4. The van der Waals surface area contributed by atoms with Crippen LogP contribution in [0.3, 0.4) is 0 Å². The Morgan fingerprint density at radius 2 is 1.81 bits per heavy atom. The maximum atomic E-state index is 12.7. The van der Waals surface area contributed by atoms with Crippen LogP contribution >= 0.6 is 11.8 Å². The third kappa shape index (κ3) is 6.78. The number of carbonyl (C=O) groups is 2. The van der Waals surface area contributed by atoms with Gasteiger partial charge in [0.1, 0.15) is 0 Å². The lowest BCUT2D eigenvalue weighted by Gasteiger charge is -2.32. The second kappa shape index (κ2) is 12.4. The smallest absolute Gasteiger partial charge is 0.277 e. The number of ether oxygens (including phenoxy) is 2. The average molecular weight is 511 g/mol. The van der Waals surface area contributed by atoms with Crippen molar-refractivity contribution in [3.8, 4) is 11.5 Å². The molecule has 0 bridgehead atoms. The summed E-state index contributed by atoms with van der Waals surface area (Å²) < 4.78 is 16.0. The second-order valence-corrected chi connectivity index (χ2v) is 9.44. The van der Waals surface area contributed by atoms with Crippen LogP contribution in [-0.2, 0) is 17.8 Å². The average Bonchev–Trinajstić information content (AvgIpc) is 3.38. The number of amides is 2. The van der Waals surface area contributed by atoms with Crippen LogP contribution in [0.15, 0.2) is 58.2 Å². The number of aromatic nitrogens is 2. The first-order valence-electron chi connectivity index (χ1n) is 11.8. The van der Waals surface area contributed by atoms with Crippen LogP contribution in [0.4, 0.5) is 0 Å². The Morgan fingerprint density at radius 1 is 1.06 bits per heavy atom. The molecule has 4 rings (SSSR count). The Kier molecular flexibility index (Phi) is 8.83. The van der Waals surface area contributed by atoms with Crippen LogP contribution in [0.1, 0.15) is 34.7 Å². The third-order valence-corrected chi connectivity index (χ3v) is 6.95. The quantitative estimate of drug-likeness (QED) is 0.413. The van der Waals surface area contributed by atoms with E-state index in [0.29, 0.717) is 28.2 Å². The van der Waals surface area contributed by atoms with Crippen LogP contribution in [-0.4, -0.2) is 60.0 Å². The Balaban J connectivity index is 1.19. The van der Waals surface area contributed by atoms with Crippen molar-refractivity contribution in [3.05, 3.63) is 65.5 Å². The minimum Gasteiger partial charge on any atom is -0.493 e. The summed E-state index contributed by atoms with van der Waals surface area (Å²) in [5.74, 6) is 1.87. The van der Waals surface area contributed by atoms with Crippen LogP contribution in [0, 0.1) is 5.92 Å². The monoisotopic (exact) mass is 510 g/mol. The van der Waals surface area contributed by atoms with Crippen molar-refractivity contribution in [1.29, 1.82) is 0 Å². The molecule has 2 aromatic carbocycles. The first kappa shape index (κ1) is 25.6. The van der Waals surface area contributed by atoms with Gasteiger partial charge in [-0.15, -0.1) is 10.2 Å². The van der Waals surface area contributed by atoms with Crippen LogP contribution in [0.2, 0.25) is 0 Å². The fourth-order valence-corrected chi connectivity index (χ4v) is 4.84. The summed E-state index contributed by atoms with van der Waals surface area (Å²) in [5, 5.41) is 11.0. The summed E-state index contributed by atoms with van der Waals surface area (Å²) in [6.07, 6.45) is 3.08. The molecule has 0 saturated carbocycles. The van der Waals surface area contributed by atoms with Gasteiger partial charge in [-0.25, -0.2) is 0 Å². The molecule has 36 heavy (non-hydrogen) atoms. The summed E-state index contributed by atoms with van der Waals surface area (Å²) in [6, 6.07) is 15.4. The van der Waals surface area contributed by atoms with E-state index in [-0.39, 0.29) is 30.0 Å². The maximum Gasteiger partial charge on any atom is 0.277 e. The summed E-state index contributed by atoms with van der Waals surface area (Å²) >= 11 is 1.21. The number of hydrogen-bond donors (Lipinski definition) is 1. The lowest BCUT2D eigenvalue weighted by molar-refractivity contribution is -0.129. The highest BCUT2D eigenvalue weighted by molar-refractivity contribution is 7.99. The van der Waals surface area contributed by atoms with Gasteiger partial charge in [-0.2, -0.15) is 0 Å². The van der Waals surface area contributed by atoms with Crippen molar-refractivity contribution in [3.63, 3.8) is 0 Å².